The standard InChI is InChI=1S/C25H24F3N3O2/c1-24(2)15-16-31(21-9-5-3-7-19(21)24)22-10-6-4-8-20(22)30-23(32)29-17-11-13-18(14-12-17)33-25(26,27)28/h3-14H,15-16H2,1-2H3,(H2,29,30,32). The Morgan fingerprint density at radius 3 is 2.24 bits per heavy atom. The lowest BCUT2D eigenvalue weighted by Gasteiger charge is -2.40. The number of alkyl halides is 3. The summed E-state index contributed by atoms with van der Waals surface area (Å²) in [4.78, 5) is 14.8. The van der Waals surface area contributed by atoms with Gasteiger partial charge in [0.2, 0.25) is 0 Å². The van der Waals surface area contributed by atoms with E-state index in [-0.39, 0.29) is 11.2 Å². The minimum Gasteiger partial charge on any atom is -0.406 e. The number of anilines is 4. The van der Waals surface area contributed by atoms with Gasteiger partial charge in [-0.3, -0.25) is 0 Å². The number of hydrogen-bond donors (Lipinski definition) is 2. The molecule has 3 aromatic rings. The zero-order chi connectivity index (χ0) is 23.6. The van der Waals surface area contributed by atoms with E-state index in [0.717, 1.165) is 36.5 Å². The maximum Gasteiger partial charge on any atom is 0.573 e. The molecule has 0 fully saturated rings. The number of nitrogens with one attached hydrogen (secondary N) is 2. The first-order chi connectivity index (χ1) is 15.6. The van der Waals surface area contributed by atoms with Crippen molar-refractivity contribution in [2.45, 2.75) is 32.0 Å². The highest BCUT2D eigenvalue weighted by Gasteiger charge is 2.32. The third kappa shape index (κ3) is 5.22. The summed E-state index contributed by atoms with van der Waals surface area (Å²) >= 11 is 0. The molecule has 1 aliphatic heterocycles. The number of halogens is 3. The van der Waals surface area contributed by atoms with Gasteiger partial charge in [-0.15, -0.1) is 13.2 Å². The molecule has 0 bridgehead atoms. The van der Waals surface area contributed by atoms with Gasteiger partial charge in [0.25, 0.3) is 0 Å². The van der Waals surface area contributed by atoms with Crippen LogP contribution in [0.5, 0.6) is 5.75 Å². The fourth-order valence-electron chi connectivity index (χ4n) is 4.02. The monoisotopic (exact) mass is 455 g/mol. The number of para-hydroxylation sites is 3. The smallest absolute Gasteiger partial charge is 0.406 e. The first-order valence-corrected chi connectivity index (χ1v) is 10.5. The summed E-state index contributed by atoms with van der Waals surface area (Å²) in [5, 5.41) is 5.50. The van der Waals surface area contributed by atoms with Crippen LogP contribution in [0.3, 0.4) is 0 Å². The van der Waals surface area contributed by atoms with E-state index in [1.54, 1.807) is 0 Å². The number of fused-ring (bicyclic) bond motifs is 1. The van der Waals surface area contributed by atoms with Gasteiger partial charge in [0.05, 0.1) is 11.4 Å². The first-order valence-electron chi connectivity index (χ1n) is 10.5. The average molecular weight is 455 g/mol. The third-order valence-electron chi connectivity index (χ3n) is 5.67. The molecular formula is C25H24F3N3O2. The lowest BCUT2D eigenvalue weighted by Crippen LogP contribution is -2.35. The van der Waals surface area contributed by atoms with Crippen molar-refractivity contribution in [3.05, 3.63) is 78.4 Å². The highest BCUT2D eigenvalue weighted by Crippen LogP contribution is 2.44. The van der Waals surface area contributed by atoms with E-state index in [9.17, 15) is 18.0 Å². The van der Waals surface area contributed by atoms with Crippen molar-refractivity contribution in [1.82, 2.24) is 0 Å². The average Bonchev–Trinajstić information content (AvgIpc) is 2.75. The van der Waals surface area contributed by atoms with Gasteiger partial charge in [0.1, 0.15) is 5.75 Å². The lowest BCUT2D eigenvalue weighted by molar-refractivity contribution is -0.274. The normalized spacial score (nSPS) is 14.9. The molecule has 0 saturated carbocycles. The molecule has 8 heteroatoms. The first kappa shape index (κ1) is 22.5. The van der Waals surface area contributed by atoms with Crippen molar-refractivity contribution in [2.75, 3.05) is 22.1 Å². The summed E-state index contributed by atoms with van der Waals surface area (Å²) in [6.45, 7) is 5.25. The molecule has 0 aliphatic carbocycles. The molecule has 3 aromatic carbocycles. The third-order valence-corrected chi connectivity index (χ3v) is 5.67. The molecule has 0 atom stereocenters. The molecule has 1 aliphatic rings. The number of hydrogen-bond acceptors (Lipinski definition) is 3. The molecule has 172 valence electrons. The van der Waals surface area contributed by atoms with E-state index >= 15 is 0 Å². The highest BCUT2D eigenvalue weighted by atomic mass is 19.4. The second-order valence-corrected chi connectivity index (χ2v) is 8.47. The molecule has 0 saturated heterocycles. The Hall–Kier alpha value is -3.68. The van der Waals surface area contributed by atoms with Gasteiger partial charge in [-0.05, 0) is 59.9 Å². The minimum atomic E-state index is -4.77. The van der Waals surface area contributed by atoms with E-state index in [0.29, 0.717) is 11.4 Å². The summed E-state index contributed by atoms with van der Waals surface area (Å²) in [6, 6.07) is 20.2. The predicted molar refractivity (Wildman–Crippen MR) is 123 cm³/mol. The van der Waals surface area contributed by atoms with Gasteiger partial charge in [0, 0.05) is 17.9 Å². The topological polar surface area (TPSA) is 53.6 Å². The molecule has 0 spiro atoms. The summed E-state index contributed by atoms with van der Waals surface area (Å²) in [5.41, 5.74) is 4.23. The minimum absolute atomic E-state index is 0.0504. The van der Waals surface area contributed by atoms with E-state index in [4.69, 9.17) is 0 Å². The Labute approximate surface area is 190 Å². The fourth-order valence-corrected chi connectivity index (χ4v) is 4.02. The lowest BCUT2D eigenvalue weighted by atomic mass is 9.77. The summed E-state index contributed by atoms with van der Waals surface area (Å²) in [5.74, 6) is -0.356. The molecule has 2 N–H and O–H groups in total. The molecule has 0 radical (unpaired) electrons. The van der Waals surface area contributed by atoms with Crippen LogP contribution in [-0.2, 0) is 5.41 Å². The molecule has 2 amide bonds. The van der Waals surface area contributed by atoms with Gasteiger partial charge in [0.15, 0.2) is 0 Å². The fraction of sp³-hybridized carbons (Fsp3) is 0.240. The van der Waals surface area contributed by atoms with Crippen molar-refractivity contribution >= 4 is 28.8 Å². The number of carbonyl (C=O) groups excluding carboxylic acids is 1. The van der Waals surface area contributed by atoms with Crippen molar-refractivity contribution in [1.29, 1.82) is 0 Å². The van der Waals surface area contributed by atoms with Crippen LogP contribution >= 0.6 is 0 Å². The molecule has 0 unspecified atom stereocenters. The van der Waals surface area contributed by atoms with Crippen LogP contribution in [0.15, 0.2) is 72.8 Å². The Balaban J connectivity index is 1.51. The Bertz CT molecular complexity index is 1140. The zero-order valence-electron chi connectivity index (χ0n) is 18.2. The SMILES string of the molecule is CC1(C)CCN(c2ccccc2NC(=O)Nc2ccc(OC(F)(F)F)cc2)c2ccccc21. The van der Waals surface area contributed by atoms with Crippen LogP contribution in [0.25, 0.3) is 0 Å². The van der Waals surface area contributed by atoms with Gasteiger partial charge < -0.3 is 20.3 Å². The van der Waals surface area contributed by atoms with Gasteiger partial charge in [-0.1, -0.05) is 44.2 Å². The van der Waals surface area contributed by atoms with Crippen LogP contribution in [0, 0.1) is 0 Å². The summed E-state index contributed by atoms with van der Waals surface area (Å²) in [6.07, 6.45) is -3.81. The van der Waals surface area contributed by atoms with Crippen LogP contribution in [0.4, 0.5) is 40.7 Å². The second-order valence-electron chi connectivity index (χ2n) is 8.47. The Morgan fingerprint density at radius 2 is 1.55 bits per heavy atom. The molecule has 4 rings (SSSR count). The highest BCUT2D eigenvalue weighted by molar-refractivity contribution is 6.02. The quantitative estimate of drug-likeness (QED) is 0.443. The molecule has 0 aromatic heterocycles. The summed E-state index contributed by atoms with van der Waals surface area (Å²) < 4.78 is 40.8. The molecule has 5 nitrogen and oxygen atoms in total. The van der Waals surface area contributed by atoms with Crippen LogP contribution < -0.4 is 20.3 Å². The molecule has 33 heavy (non-hydrogen) atoms. The van der Waals surface area contributed by atoms with E-state index in [2.05, 4.69) is 46.3 Å². The Morgan fingerprint density at radius 1 is 0.909 bits per heavy atom. The van der Waals surface area contributed by atoms with Crippen molar-refractivity contribution in [3.8, 4) is 5.75 Å². The van der Waals surface area contributed by atoms with Crippen molar-refractivity contribution < 1.29 is 22.7 Å². The maximum absolute atomic E-state index is 12.6. The number of urea groups is 1. The summed E-state index contributed by atoms with van der Waals surface area (Å²) in [7, 11) is 0. The zero-order valence-corrected chi connectivity index (χ0v) is 18.2. The maximum atomic E-state index is 12.6. The number of amides is 2. The Kier molecular flexibility index (Phi) is 5.93. The van der Waals surface area contributed by atoms with Gasteiger partial charge >= 0.3 is 12.4 Å². The van der Waals surface area contributed by atoms with Gasteiger partial charge in [-0.2, -0.15) is 0 Å². The van der Waals surface area contributed by atoms with E-state index in [1.807, 2.05) is 36.4 Å². The van der Waals surface area contributed by atoms with E-state index < -0.39 is 12.4 Å². The van der Waals surface area contributed by atoms with Crippen molar-refractivity contribution in [3.63, 3.8) is 0 Å². The van der Waals surface area contributed by atoms with Crippen LogP contribution in [-0.4, -0.2) is 18.9 Å². The van der Waals surface area contributed by atoms with Gasteiger partial charge in [-0.25, -0.2) is 4.79 Å². The van der Waals surface area contributed by atoms with Crippen LogP contribution in [0.1, 0.15) is 25.8 Å². The van der Waals surface area contributed by atoms with E-state index in [1.165, 1.54) is 17.7 Å². The second kappa shape index (κ2) is 8.69. The number of nitrogens with zero attached hydrogens (tertiary/aromatic N) is 1. The number of rotatable bonds is 4. The number of ether oxygens (including phenoxy) is 1. The molecular weight excluding hydrogens is 431 g/mol. The van der Waals surface area contributed by atoms with Crippen molar-refractivity contribution in [2.24, 2.45) is 0 Å². The van der Waals surface area contributed by atoms with Crippen LogP contribution in [0.2, 0.25) is 0 Å². The predicted octanol–water partition coefficient (Wildman–Crippen LogP) is 7.05. The number of benzene rings is 3. The largest absolute Gasteiger partial charge is 0.573 e. The molecule has 1 heterocycles. The number of carbonyl (C=O) groups is 1.